The quantitative estimate of drug-likeness (QED) is 0.696. The zero-order chi connectivity index (χ0) is 10.7. The number of rotatable bonds is 2. The molecule has 0 radical (unpaired) electrons. The Balaban J connectivity index is 2.09. The van der Waals surface area contributed by atoms with Gasteiger partial charge in [0.15, 0.2) is 0 Å². The minimum atomic E-state index is 0.150. The summed E-state index contributed by atoms with van der Waals surface area (Å²) in [6, 6.07) is 5.30. The summed E-state index contributed by atoms with van der Waals surface area (Å²) >= 11 is 11.8. The van der Waals surface area contributed by atoms with Crippen LogP contribution in [0.5, 0.6) is 5.75 Å². The van der Waals surface area contributed by atoms with E-state index in [9.17, 15) is 0 Å². The molecule has 3 heteroatoms. The van der Waals surface area contributed by atoms with Gasteiger partial charge in [0, 0.05) is 5.02 Å². The predicted octanol–water partition coefficient (Wildman–Crippen LogP) is 4.48. The summed E-state index contributed by atoms with van der Waals surface area (Å²) in [5, 5.41) is 1.20. The summed E-state index contributed by atoms with van der Waals surface area (Å²) in [5.41, 5.74) is 0. The molecule has 0 fully saturated rings. The molecule has 1 atom stereocenters. The third-order valence-corrected chi connectivity index (χ3v) is 2.91. The second-order valence-corrected chi connectivity index (χ2v) is 4.43. The van der Waals surface area contributed by atoms with E-state index in [0.29, 0.717) is 15.8 Å². The van der Waals surface area contributed by atoms with Crippen LogP contribution >= 0.6 is 23.2 Å². The molecule has 1 aliphatic rings. The standard InChI is InChI=1S/C12H12Cl2O/c13-9-6-7-12(11(14)8-9)15-10-4-2-1-3-5-10/h2,4,6-8,10H,1,3,5H2. The highest BCUT2D eigenvalue weighted by atomic mass is 35.5. The number of halogens is 2. The monoisotopic (exact) mass is 242 g/mol. The normalized spacial score (nSPS) is 20.3. The van der Waals surface area contributed by atoms with E-state index in [0.717, 1.165) is 12.8 Å². The maximum absolute atomic E-state index is 6.02. The highest BCUT2D eigenvalue weighted by molar-refractivity contribution is 6.35. The molecule has 0 amide bonds. The minimum absolute atomic E-state index is 0.150. The van der Waals surface area contributed by atoms with Crippen LogP contribution in [0.25, 0.3) is 0 Å². The van der Waals surface area contributed by atoms with Crippen LogP contribution in [0.2, 0.25) is 10.0 Å². The molecule has 0 heterocycles. The second-order valence-electron chi connectivity index (χ2n) is 3.59. The number of hydrogen-bond donors (Lipinski definition) is 0. The van der Waals surface area contributed by atoms with E-state index in [1.165, 1.54) is 6.42 Å². The van der Waals surface area contributed by atoms with Gasteiger partial charge in [-0.1, -0.05) is 29.3 Å². The van der Waals surface area contributed by atoms with E-state index in [4.69, 9.17) is 27.9 Å². The van der Waals surface area contributed by atoms with E-state index in [1.807, 2.05) is 6.07 Å². The first-order valence-electron chi connectivity index (χ1n) is 5.04. The Kier molecular flexibility index (Phi) is 3.55. The first-order chi connectivity index (χ1) is 7.25. The number of hydrogen-bond acceptors (Lipinski definition) is 1. The Morgan fingerprint density at radius 1 is 1.27 bits per heavy atom. The van der Waals surface area contributed by atoms with E-state index >= 15 is 0 Å². The van der Waals surface area contributed by atoms with Gasteiger partial charge in [-0.25, -0.2) is 0 Å². The molecule has 15 heavy (non-hydrogen) atoms. The SMILES string of the molecule is Clc1ccc(OC2C=CCCC2)c(Cl)c1. The fourth-order valence-corrected chi connectivity index (χ4v) is 2.07. The highest BCUT2D eigenvalue weighted by Crippen LogP contribution is 2.29. The van der Waals surface area contributed by atoms with Gasteiger partial charge in [-0.05, 0) is 43.5 Å². The number of benzene rings is 1. The molecule has 1 aliphatic carbocycles. The molecule has 1 unspecified atom stereocenters. The molecule has 1 aromatic carbocycles. The minimum Gasteiger partial charge on any atom is -0.485 e. The summed E-state index contributed by atoms with van der Waals surface area (Å²) in [4.78, 5) is 0. The Morgan fingerprint density at radius 3 is 2.80 bits per heavy atom. The summed E-state index contributed by atoms with van der Waals surface area (Å²) in [7, 11) is 0. The molecule has 1 nitrogen and oxygen atoms in total. The van der Waals surface area contributed by atoms with E-state index < -0.39 is 0 Å². The zero-order valence-electron chi connectivity index (χ0n) is 8.25. The van der Waals surface area contributed by atoms with Crippen molar-refractivity contribution in [2.75, 3.05) is 0 Å². The molecule has 0 aliphatic heterocycles. The molecule has 0 aromatic heterocycles. The van der Waals surface area contributed by atoms with E-state index in [-0.39, 0.29) is 6.10 Å². The molecular formula is C12H12Cl2O. The Labute approximate surface area is 99.6 Å². The Morgan fingerprint density at radius 2 is 2.13 bits per heavy atom. The van der Waals surface area contributed by atoms with Crippen molar-refractivity contribution < 1.29 is 4.74 Å². The topological polar surface area (TPSA) is 9.23 Å². The average Bonchev–Trinajstić information content (AvgIpc) is 2.24. The van der Waals surface area contributed by atoms with E-state index in [2.05, 4.69) is 12.2 Å². The van der Waals surface area contributed by atoms with Crippen molar-refractivity contribution in [3.05, 3.63) is 40.4 Å². The summed E-state index contributed by atoms with van der Waals surface area (Å²) in [6.07, 6.45) is 7.76. The maximum Gasteiger partial charge on any atom is 0.138 e. The lowest BCUT2D eigenvalue weighted by atomic mass is 10.1. The summed E-state index contributed by atoms with van der Waals surface area (Å²) in [6.45, 7) is 0. The van der Waals surface area contributed by atoms with Crippen LogP contribution in [0.1, 0.15) is 19.3 Å². The maximum atomic E-state index is 6.02. The van der Waals surface area contributed by atoms with Crippen LogP contribution in [0, 0.1) is 0 Å². The molecule has 0 saturated heterocycles. The van der Waals surface area contributed by atoms with Crippen LogP contribution in [0.4, 0.5) is 0 Å². The lowest BCUT2D eigenvalue weighted by Crippen LogP contribution is -2.15. The summed E-state index contributed by atoms with van der Waals surface area (Å²) in [5.74, 6) is 0.706. The predicted molar refractivity (Wildman–Crippen MR) is 63.9 cm³/mol. The first kappa shape index (κ1) is 10.8. The highest BCUT2D eigenvalue weighted by Gasteiger charge is 2.11. The molecule has 2 rings (SSSR count). The Hall–Kier alpha value is -0.660. The van der Waals surface area contributed by atoms with Crippen LogP contribution in [0.3, 0.4) is 0 Å². The van der Waals surface area contributed by atoms with Gasteiger partial charge in [0.1, 0.15) is 11.9 Å². The Bertz CT molecular complexity index is 374. The van der Waals surface area contributed by atoms with Gasteiger partial charge >= 0.3 is 0 Å². The van der Waals surface area contributed by atoms with Crippen molar-refractivity contribution in [1.29, 1.82) is 0 Å². The zero-order valence-corrected chi connectivity index (χ0v) is 9.76. The third-order valence-electron chi connectivity index (χ3n) is 2.38. The molecule has 80 valence electrons. The third kappa shape index (κ3) is 2.90. The second kappa shape index (κ2) is 4.91. The van der Waals surface area contributed by atoms with Crippen molar-refractivity contribution in [2.45, 2.75) is 25.4 Å². The lowest BCUT2D eigenvalue weighted by molar-refractivity contribution is 0.230. The van der Waals surface area contributed by atoms with Crippen LogP contribution < -0.4 is 4.74 Å². The molecule has 0 N–H and O–H groups in total. The average molecular weight is 243 g/mol. The van der Waals surface area contributed by atoms with E-state index in [1.54, 1.807) is 12.1 Å². The molecular weight excluding hydrogens is 231 g/mol. The van der Waals surface area contributed by atoms with Gasteiger partial charge in [0.25, 0.3) is 0 Å². The molecule has 1 aromatic rings. The number of ether oxygens (including phenoxy) is 1. The fraction of sp³-hybridized carbons (Fsp3) is 0.333. The molecule has 0 spiro atoms. The van der Waals surface area contributed by atoms with Crippen molar-refractivity contribution >= 4 is 23.2 Å². The molecule has 0 bridgehead atoms. The van der Waals surface area contributed by atoms with Gasteiger partial charge < -0.3 is 4.74 Å². The van der Waals surface area contributed by atoms with Gasteiger partial charge in [-0.2, -0.15) is 0 Å². The lowest BCUT2D eigenvalue weighted by Gasteiger charge is -2.19. The fourth-order valence-electron chi connectivity index (χ4n) is 1.61. The van der Waals surface area contributed by atoms with Gasteiger partial charge in [0.2, 0.25) is 0 Å². The van der Waals surface area contributed by atoms with Crippen molar-refractivity contribution in [1.82, 2.24) is 0 Å². The van der Waals surface area contributed by atoms with Gasteiger partial charge in [-0.3, -0.25) is 0 Å². The summed E-state index contributed by atoms with van der Waals surface area (Å²) < 4.78 is 5.76. The van der Waals surface area contributed by atoms with Crippen LogP contribution in [-0.4, -0.2) is 6.10 Å². The smallest absolute Gasteiger partial charge is 0.138 e. The van der Waals surface area contributed by atoms with Crippen molar-refractivity contribution in [3.63, 3.8) is 0 Å². The molecule has 0 saturated carbocycles. The van der Waals surface area contributed by atoms with Gasteiger partial charge in [0.05, 0.1) is 5.02 Å². The number of allylic oxidation sites excluding steroid dienone is 1. The van der Waals surface area contributed by atoms with Crippen molar-refractivity contribution in [3.8, 4) is 5.75 Å². The van der Waals surface area contributed by atoms with Crippen molar-refractivity contribution in [2.24, 2.45) is 0 Å². The largest absolute Gasteiger partial charge is 0.485 e. The first-order valence-corrected chi connectivity index (χ1v) is 5.79. The van der Waals surface area contributed by atoms with Crippen LogP contribution in [0.15, 0.2) is 30.4 Å². The van der Waals surface area contributed by atoms with Gasteiger partial charge in [-0.15, -0.1) is 0 Å². The van der Waals surface area contributed by atoms with Crippen LogP contribution in [-0.2, 0) is 0 Å².